The lowest BCUT2D eigenvalue weighted by Gasteiger charge is -2.30. The number of aromatic nitrogens is 2. The van der Waals surface area contributed by atoms with Crippen molar-refractivity contribution in [2.75, 3.05) is 18.8 Å². The number of nitrogens with two attached hydrogens (primary N) is 1. The first-order valence-corrected chi connectivity index (χ1v) is 6.49. The number of para-hydroxylation sites is 2. The lowest BCUT2D eigenvalue weighted by molar-refractivity contribution is 0.296. The largest absolute Gasteiger partial charge is 0.369 e. The molecular formula is C12H17N4P. The molecule has 90 valence electrons. The molecule has 0 bridgehead atoms. The average Bonchev–Trinajstić information content (AvgIpc) is 2.66. The third-order valence-electron chi connectivity index (χ3n) is 3.49. The maximum atomic E-state index is 6.05. The molecule has 1 aromatic heterocycles. The van der Waals surface area contributed by atoms with Crippen LogP contribution < -0.4 is 5.73 Å². The van der Waals surface area contributed by atoms with Crippen molar-refractivity contribution in [3.8, 4) is 0 Å². The van der Waals surface area contributed by atoms with Crippen LogP contribution in [-0.2, 0) is 0 Å². The summed E-state index contributed by atoms with van der Waals surface area (Å²) in [6, 6.07) is 8.66. The monoisotopic (exact) mass is 248 g/mol. The highest BCUT2D eigenvalue weighted by atomic mass is 31.0. The molecule has 1 unspecified atom stereocenters. The molecule has 4 nitrogen and oxygen atoms in total. The van der Waals surface area contributed by atoms with Gasteiger partial charge in [-0.25, -0.2) is 4.98 Å². The summed E-state index contributed by atoms with van der Waals surface area (Å²) in [6.07, 6.45) is 2.27. The second-order valence-electron chi connectivity index (χ2n) is 4.60. The summed E-state index contributed by atoms with van der Waals surface area (Å²) < 4.78 is 4.48. The van der Waals surface area contributed by atoms with E-state index in [1.807, 2.05) is 18.2 Å². The lowest BCUT2D eigenvalue weighted by Crippen LogP contribution is -2.28. The van der Waals surface area contributed by atoms with E-state index in [9.17, 15) is 0 Å². The molecule has 1 aliphatic heterocycles. The Morgan fingerprint density at radius 3 is 2.71 bits per heavy atom. The van der Waals surface area contributed by atoms with Crippen LogP contribution in [0.2, 0.25) is 0 Å². The zero-order valence-electron chi connectivity index (χ0n) is 9.71. The first-order chi connectivity index (χ1) is 8.25. The van der Waals surface area contributed by atoms with Crippen LogP contribution in [0.25, 0.3) is 11.0 Å². The second kappa shape index (κ2) is 4.28. The van der Waals surface area contributed by atoms with E-state index in [0.29, 0.717) is 12.0 Å². The van der Waals surface area contributed by atoms with Crippen molar-refractivity contribution in [1.82, 2.24) is 14.2 Å². The molecule has 2 heterocycles. The van der Waals surface area contributed by atoms with Gasteiger partial charge in [-0.3, -0.25) is 4.67 Å². The molecule has 3 rings (SSSR count). The summed E-state index contributed by atoms with van der Waals surface area (Å²) in [5.74, 6) is 0.647. The number of imidazole rings is 1. The van der Waals surface area contributed by atoms with Gasteiger partial charge in [0, 0.05) is 19.1 Å². The van der Waals surface area contributed by atoms with Gasteiger partial charge in [-0.15, -0.1) is 0 Å². The Balaban J connectivity index is 2.02. The van der Waals surface area contributed by atoms with Crippen LogP contribution in [0.4, 0.5) is 5.95 Å². The van der Waals surface area contributed by atoms with Crippen LogP contribution in [-0.4, -0.2) is 27.3 Å². The van der Waals surface area contributed by atoms with Gasteiger partial charge in [0.05, 0.1) is 11.0 Å². The van der Waals surface area contributed by atoms with Gasteiger partial charge in [0.15, 0.2) is 0 Å². The Labute approximate surface area is 103 Å². The van der Waals surface area contributed by atoms with Gasteiger partial charge in [0.2, 0.25) is 5.95 Å². The number of nitrogen functional groups attached to an aromatic ring is 1. The fourth-order valence-corrected chi connectivity index (χ4v) is 2.89. The average molecular weight is 248 g/mol. The van der Waals surface area contributed by atoms with E-state index < -0.39 is 0 Å². The summed E-state index contributed by atoms with van der Waals surface area (Å²) in [5, 5.41) is 0. The van der Waals surface area contributed by atoms with Crippen molar-refractivity contribution in [1.29, 1.82) is 0 Å². The highest BCUT2D eigenvalue weighted by Gasteiger charge is 2.21. The van der Waals surface area contributed by atoms with Crippen LogP contribution in [0.1, 0.15) is 18.9 Å². The smallest absolute Gasteiger partial charge is 0.201 e. The number of rotatable bonds is 1. The third-order valence-corrected chi connectivity index (χ3v) is 4.00. The molecule has 17 heavy (non-hydrogen) atoms. The van der Waals surface area contributed by atoms with Crippen LogP contribution in [0.15, 0.2) is 24.3 Å². The molecule has 2 N–H and O–H groups in total. The van der Waals surface area contributed by atoms with Gasteiger partial charge < -0.3 is 10.3 Å². The predicted molar refractivity (Wildman–Crippen MR) is 73.7 cm³/mol. The molecule has 0 radical (unpaired) electrons. The summed E-state index contributed by atoms with van der Waals surface area (Å²) in [5.41, 5.74) is 8.21. The summed E-state index contributed by atoms with van der Waals surface area (Å²) in [6.45, 7) is 2.20. The molecule has 0 aliphatic carbocycles. The zero-order valence-corrected chi connectivity index (χ0v) is 10.9. The normalized spacial score (nSPS) is 18.9. The number of nitrogens with zero attached hydrogens (tertiary/aromatic N) is 3. The summed E-state index contributed by atoms with van der Waals surface area (Å²) in [4.78, 5) is 4.43. The van der Waals surface area contributed by atoms with Crippen LogP contribution in [0.5, 0.6) is 0 Å². The minimum Gasteiger partial charge on any atom is -0.369 e. The van der Waals surface area contributed by atoms with E-state index in [0.717, 1.165) is 37.0 Å². The van der Waals surface area contributed by atoms with Crippen molar-refractivity contribution >= 4 is 26.4 Å². The maximum Gasteiger partial charge on any atom is 0.201 e. The van der Waals surface area contributed by atoms with E-state index in [1.54, 1.807) is 0 Å². The number of fused-ring (bicyclic) bond motifs is 1. The Morgan fingerprint density at radius 1 is 1.24 bits per heavy atom. The van der Waals surface area contributed by atoms with E-state index in [1.165, 1.54) is 0 Å². The number of hydrogen-bond donors (Lipinski definition) is 1. The first-order valence-electron chi connectivity index (χ1n) is 5.98. The molecule has 1 fully saturated rings. The Kier molecular flexibility index (Phi) is 2.77. The quantitative estimate of drug-likeness (QED) is 0.786. The fourth-order valence-electron chi connectivity index (χ4n) is 2.59. The molecule has 0 saturated carbocycles. The summed E-state index contributed by atoms with van der Waals surface area (Å²) in [7, 11) is 2.77. The molecule has 1 atom stereocenters. The Bertz CT molecular complexity index is 528. The van der Waals surface area contributed by atoms with Gasteiger partial charge in [-0.05, 0) is 25.0 Å². The second-order valence-corrected chi connectivity index (χ2v) is 5.33. The molecule has 1 aromatic carbocycles. The number of hydrogen-bond acceptors (Lipinski definition) is 3. The predicted octanol–water partition coefficient (Wildman–Crippen LogP) is 2.05. The van der Waals surface area contributed by atoms with Crippen molar-refractivity contribution in [3.63, 3.8) is 0 Å². The number of piperidine rings is 1. The van der Waals surface area contributed by atoms with Crippen molar-refractivity contribution in [2.45, 2.75) is 18.9 Å². The van der Waals surface area contributed by atoms with Gasteiger partial charge in [0.1, 0.15) is 0 Å². The summed E-state index contributed by atoms with van der Waals surface area (Å²) >= 11 is 0. The minimum absolute atomic E-state index is 0.485. The molecule has 1 saturated heterocycles. The SMILES string of the molecule is Nc1nc2ccccc2n1C1CCN(P)CC1. The van der Waals surface area contributed by atoms with Crippen molar-refractivity contribution in [3.05, 3.63) is 24.3 Å². The lowest BCUT2D eigenvalue weighted by atomic mass is 10.1. The molecule has 5 heteroatoms. The van der Waals surface area contributed by atoms with Crippen LogP contribution in [0.3, 0.4) is 0 Å². The topological polar surface area (TPSA) is 47.1 Å². The standard InChI is InChI=1S/C12H17N4P/c13-12-14-10-3-1-2-4-11(10)16(12)9-5-7-15(17)8-6-9/h1-4,9H,5-8,17H2,(H2,13,14). The number of benzene rings is 1. The molecular weight excluding hydrogens is 231 g/mol. The third kappa shape index (κ3) is 1.92. The first kappa shape index (κ1) is 11.0. The van der Waals surface area contributed by atoms with Crippen molar-refractivity contribution in [2.24, 2.45) is 0 Å². The maximum absolute atomic E-state index is 6.05. The van der Waals surface area contributed by atoms with E-state index in [-0.39, 0.29) is 0 Å². The minimum atomic E-state index is 0.485. The molecule has 0 amide bonds. The van der Waals surface area contributed by atoms with E-state index in [2.05, 4.69) is 29.7 Å². The van der Waals surface area contributed by atoms with Crippen LogP contribution >= 0.6 is 9.39 Å². The molecule has 2 aromatic rings. The Hall–Kier alpha value is -1.12. The van der Waals surface area contributed by atoms with Crippen LogP contribution in [0, 0.1) is 0 Å². The highest BCUT2D eigenvalue weighted by molar-refractivity contribution is 7.13. The van der Waals surface area contributed by atoms with E-state index >= 15 is 0 Å². The molecule has 0 spiro atoms. The van der Waals surface area contributed by atoms with Gasteiger partial charge >= 0.3 is 0 Å². The van der Waals surface area contributed by atoms with Gasteiger partial charge in [0.25, 0.3) is 0 Å². The number of anilines is 1. The van der Waals surface area contributed by atoms with Gasteiger partial charge in [-0.1, -0.05) is 21.5 Å². The molecule has 1 aliphatic rings. The zero-order chi connectivity index (χ0) is 11.8. The van der Waals surface area contributed by atoms with Crippen molar-refractivity contribution < 1.29 is 0 Å². The van der Waals surface area contributed by atoms with E-state index in [4.69, 9.17) is 5.73 Å². The van der Waals surface area contributed by atoms with Gasteiger partial charge in [-0.2, -0.15) is 0 Å². The Morgan fingerprint density at radius 2 is 1.94 bits per heavy atom. The highest BCUT2D eigenvalue weighted by Crippen LogP contribution is 2.30. The fraction of sp³-hybridized carbons (Fsp3) is 0.417.